The lowest BCUT2D eigenvalue weighted by Gasteiger charge is -2.35. The van der Waals surface area contributed by atoms with E-state index in [9.17, 15) is 5.11 Å². The molecule has 0 fully saturated rings. The highest BCUT2D eigenvalue weighted by molar-refractivity contribution is 4.79. The molecule has 0 aliphatic heterocycles. The zero-order valence-electron chi connectivity index (χ0n) is 12.7. The van der Waals surface area contributed by atoms with Gasteiger partial charge in [0.05, 0.1) is 18.3 Å². The molecule has 0 rings (SSSR count). The fourth-order valence-electron chi connectivity index (χ4n) is 2.07. The molecule has 2 nitrogen and oxygen atoms in total. The van der Waals surface area contributed by atoms with Gasteiger partial charge in [0.1, 0.15) is 0 Å². The standard InChI is InChI=1S/C15H32O2/c1-7-10-14(4,5)12-17-15(6,9-3)11-13(16)8-2/h13,16H,7-12H2,1-6H3. The van der Waals surface area contributed by atoms with Crippen LogP contribution in [0.4, 0.5) is 0 Å². The third-order valence-electron chi connectivity index (χ3n) is 3.62. The van der Waals surface area contributed by atoms with Gasteiger partial charge < -0.3 is 9.84 Å². The molecule has 0 saturated heterocycles. The Morgan fingerprint density at radius 3 is 2.12 bits per heavy atom. The van der Waals surface area contributed by atoms with E-state index in [2.05, 4.69) is 34.6 Å². The van der Waals surface area contributed by atoms with Crippen LogP contribution in [0.25, 0.3) is 0 Å². The summed E-state index contributed by atoms with van der Waals surface area (Å²) in [6.07, 6.45) is 4.63. The second-order valence-corrected chi connectivity index (χ2v) is 6.27. The van der Waals surface area contributed by atoms with Crippen molar-refractivity contribution in [3.05, 3.63) is 0 Å². The summed E-state index contributed by atoms with van der Waals surface area (Å²) in [6.45, 7) is 13.8. The molecular formula is C15H32O2. The van der Waals surface area contributed by atoms with Gasteiger partial charge >= 0.3 is 0 Å². The smallest absolute Gasteiger partial charge is 0.0676 e. The van der Waals surface area contributed by atoms with Crippen LogP contribution in [0.2, 0.25) is 0 Å². The maximum Gasteiger partial charge on any atom is 0.0676 e. The summed E-state index contributed by atoms with van der Waals surface area (Å²) in [5, 5.41) is 9.78. The summed E-state index contributed by atoms with van der Waals surface area (Å²) in [7, 11) is 0. The summed E-state index contributed by atoms with van der Waals surface area (Å²) in [6, 6.07) is 0. The van der Waals surface area contributed by atoms with Crippen LogP contribution >= 0.6 is 0 Å². The van der Waals surface area contributed by atoms with Crippen molar-refractivity contribution in [3.63, 3.8) is 0 Å². The van der Waals surface area contributed by atoms with Gasteiger partial charge in [0.15, 0.2) is 0 Å². The highest BCUT2D eigenvalue weighted by atomic mass is 16.5. The number of ether oxygens (including phenoxy) is 1. The molecule has 104 valence electrons. The van der Waals surface area contributed by atoms with Crippen LogP contribution in [0.15, 0.2) is 0 Å². The minimum Gasteiger partial charge on any atom is -0.393 e. The van der Waals surface area contributed by atoms with Crippen LogP contribution in [-0.4, -0.2) is 23.4 Å². The van der Waals surface area contributed by atoms with E-state index in [1.165, 1.54) is 12.8 Å². The molecule has 2 unspecified atom stereocenters. The van der Waals surface area contributed by atoms with E-state index in [-0.39, 0.29) is 17.1 Å². The third kappa shape index (κ3) is 7.05. The molecule has 0 spiro atoms. The number of rotatable bonds is 9. The van der Waals surface area contributed by atoms with E-state index in [1.54, 1.807) is 0 Å². The second kappa shape index (κ2) is 7.38. The Kier molecular flexibility index (Phi) is 7.34. The van der Waals surface area contributed by atoms with Gasteiger partial charge in [0.25, 0.3) is 0 Å². The maximum absolute atomic E-state index is 9.78. The lowest BCUT2D eigenvalue weighted by Crippen LogP contribution is -2.36. The van der Waals surface area contributed by atoms with Crippen molar-refractivity contribution in [1.82, 2.24) is 0 Å². The Morgan fingerprint density at radius 1 is 1.12 bits per heavy atom. The summed E-state index contributed by atoms with van der Waals surface area (Å²) in [5.41, 5.74) is 0.0583. The van der Waals surface area contributed by atoms with Crippen LogP contribution in [-0.2, 0) is 4.74 Å². The molecule has 1 N–H and O–H groups in total. The molecule has 0 amide bonds. The number of aliphatic hydroxyl groups is 1. The van der Waals surface area contributed by atoms with E-state index < -0.39 is 0 Å². The SMILES string of the molecule is CCCC(C)(C)COC(C)(CC)CC(O)CC. The van der Waals surface area contributed by atoms with Gasteiger partial charge in [-0.25, -0.2) is 0 Å². The molecular weight excluding hydrogens is 212 g/mol. The molecule has 0 aromatic carbocycles. The van der Waals surface area contributed by atoms with Gasteiger partial charge in [-0.3, -0.25) is 0 Å². The first-order valence-electron chi connectivity index (χ1n) is 7.10. The Bertz CT molecular complexity index is 201. The molecule has 17 heavy (non-hydrogen) atoms. The topological polar surface area (TPSA) is 29.5 Å². The normalized spacial score (nSPS) is 17.8. The van der Waals surface area contributed by atoms with E-state index in [1.807, 2.05) is 6.92 Å². The van der Waals surface area contributed by atoms with E-state index in [4.69, 9.17) is 4.74 Å². The van der Waals surface area contributed by atoms with Crippen molar-refractivity contribution in [3.8, 4) is 0 Å². The molecule has 0 bridgehead atoms. The summed E-state index contributed by atoms with van der Waals surface area (Å²) in [5.74, 6) is 0. The molecule has 0 aromatic heterocycles. The van der Waals surface area contributed by atoms with Crippen LogP contribution < -0.4 is 0 Å². The van der Waals surface area contributed by atoms with Gasteiger partial charge in [-0.2, -0.15) is 0 Å². The molecule has 0 aromatic rings. The zero-order chi connectivity index (χ0) is 13.5. The quantitative estimate of drug-likeness (QED) is 0.660. The van der Waals surface area contributed by atoms with E-state index >= 15 is 0 Å². The Balaban J connectivity index is 4.28. The summed E-state index contributed by atoms with van der Waals surface area (Å²) >= 11 is 0. The first kappa shape index (κ1) is 16.9. The van der Waals surface area contributed by atoms with Crippen LogP contribution in [0.5, 0.6) is 0 Å². The van der Waals surface area contributed by atoms with Gasteiger partial charge in [-0.05, 0) is 31.6 Å². The Labute approximate surface area is 108 Å². The third-order valence-corrected chi connectivity index (χ3v) is 3.62. The number of aliphatic hydroxyl groups excluding tert-OH is 1. The number of hydrogen-bond donors (Lipinski definition) is 1. The highest BCUT2D eigenvalue weighted by Crippen LogP contribution is 2.29. The lowest BCUT2D eigenvalue weighted by atomic mass is 9.88. The lowest BCUT2D eigenvalue weighted by molar-refractivity contribution is -0.0924. The summed E-state index contributed by atoms with van der Waals surface area (Å²) in [4.78, 5) is 0. The van der Waals surface area contributed by atoms with Crippen LogP contribution in [0.1, 0.15) is 73.6 Å². The van der Waals surface area contributed by atoms with Gasteiger partial charge in [-0.15, -0.1) is 0 Å². The average molecular weight is 244 g/mol. The van der Waals surface area contributed by atoms with Gasteiger partial charge in [-0.1, -0.05) is 41.0 Å². The number of hydrogen-bond acceptors (Lipinski definition) is 2. The minimum absolute atomic E-state index is 0.180. The zero-order valence-corrected chi connectivity index (χ0v) is 12.7. The molecule has 2 heteroatoms. The summed E-state index contributed by atoms with van der Waals surface area (Å²) < 4.78 is 6.11. The van der Waals surface area contributed by atoms with Crippen molar-refractivity contribution in [2.24, 2.45) is 5.41 Å². The molecule has 0 aliphatic rings. The van der Waals surface area contributed by atoms with Crippen molar-refractivity contribution in [2.75, 3.05) is 6.61 Å². The van der Waals surface area contributed by atoms with E-state index in [0.29, 0.717) is 0 Å². The maximum atomic E-state index is 9.78. The molecule has 2 atom stereocenters. The monoisotopic (exact) mass is 244 g/mol. The fourth-order valence-corrected chi connectivity index (χ4v) is 2.07. The van der Waals surface area contributed by atoms with Crippen molar-refractivity contribution >= 4 is 0 Å². The molecule has 0 saturated carbocycles. The van der Waals surface area contributed by atoms with Crippen molar-refractivity contribution in [2.45, 2.75) is 85.4 Å². The predicted octanol–water partition coefficient (Wildman–Crippen LogP) is 4.16. The Hall–Kier alpha value is -0.0800. The first-order chi connectivity index (χ1) is 7.78. The Morgan fingerprint density at radius 2 is 1.71 bits per heavy atom. The minimum atomic E-state index is -0.241. The molecule has 0 aliphatic carbocycles. The molecule has 0 heterocycles. The van der Waals surface area contributed by atoms with E-state index in [0.717, 1.165) is 25.9 Å². The van der Waals surface area contributed by atoms with Crippen LogP contribution in [0.3, 0.4) is 0 Å². The highest BCUT2D eigenvalue weighted by Gasteiger charge is 2.29. The largest absolute Gasteiger partial charge is 0.393 e. The van der Waals surface area contributed by atoms with Gasteiger partial charge in [0, 0.05) is 6.42 Å². The molecule has 0 radical (unpaired) electrons. The first-order valence-corrected chi connectivity index (χ1v) is 7.10. The van der Waals surface area contributed by atoms with Crippen molar-refractivity contribution in [1.29, 1.82) is 0 Å². The van der Waals surface area contributed by atoms with Crippen molar-refractivity contribution < 1.29 is 9.84 Å². The average Bonchev–Trinajstić information content (AvgIpc) is 2.26. The fraction of sp³-hybridized carbons (Fsp3) is 1.00. The second-order valence-electron chi connectivity index (χ2n) is 6.27. The predicted molar refractivity (Wildman–Crippen MR) is 74.3 cm³/mol. The van der Waals surface area contributed by atoms with Crippen LogP contribution in [0, 0.1) is 5.41 Å². The van der Waals surface area contributed by atoms with Gasteiger partial charge in [0.2, 0.25) is 0 Å².